The third kappa shape index (κ3) is 1.59. The van der Waals surface area contributed by atoms with Crippen molar-refractivity contribution in [1.82, 2.24) is 0 Å². The van der Waals surface area contributed by atoms with E-state index >= 15 is 0 Å². The van der Waals surface area contributed by atoms with E-state index in [1.165, 1.54) is 24.8 Å². The maximum absolute atomic E-state index is 10.1. The van der Waals surface area contributed by atoms with Crippen LogP contribution in [0.25, 0.3) is 0 Å². The van der Waals surface area contributed by atoms with Gasteiger partial charge in [0.1, 0.15) is 0 Å². The number of aliphatic hydroxyl groups excluding tert-OH is 1. The summed E-state index contributed by atoms with van der Waals surface area (Å²) in [7, 11) is 0. The predicted octanol–water partition coefficient (Wildman–Crippen LogP) is 2.64. The SMILES string of the molecule is O[C@@H]1[C@@H]2CC[C@@H](C2)[C@H]1Cc1ccccc1. The van der Waals surface area contributed by atoms with Gasteiger partial charge in [0.05, 0.1) is 6.10 Å². The number of fused-ring (bicyclic) bond motifs is 2. The lowest BCUT2D eigenvalue weighted by Gasteiger charge is -2.27. The molecule has 0 aliphatic heterocycles. The monoisotopic (exact) mass is 202 g/mol. The molecule has 0 heterocycles. The molecule has 3 rings (SSSR count). The lowest BCUT2D eigenvalue weighted by Crippen LogP contribution is -2.28. The molecular weight excluding hydrogens is 184 g/mol. The van der Waals surface area contributed by atoms with Crippen molar-refractivity contribution < 1.29 is 5.11 Å². The van der Waals surface area contributed by atoms with Gasteiger partial charge in [0.25, 0.3) is 0 Å². The van der Waals surface area contributed by atoms with Gasteiger partial charge in [0.2, 0.25) is 0 Å². The maximum atomic E-state index is 10.1. The highest BCUT2D eigenvalue weighted by molar-refractivity contribution is 5.17. The number of aliphatic hydroxyl groups is 1. The van der Waals surface area contributed by atoms with Crippen molar-refractivity contribution in [1.29, 1.82) is 0 Å². The molecule has 0 aromatic heterocycles. The Labute approximate surface area is 91.1 Å². The third-order valence-corrected chi connectivity index (χ3v) is 4.36. The van der Waals surface area contributed by atoms with Crippen LogP contribution in [0.5, 0.6) is 0 Å². The Morgan fingerprint density at radius 2 is 1.80 bits per heavy atom. The minimum Gasteiger partial charge on any atom is -0.393 e. The van der Waals surface area contributed by atoms with E-state index in [-0.39, 0.29) is 6.10 Å². The molecule has 1 aromatic rings. The van der Waals surface area contributed by atoms with E-state index in [4.69, 9.17) is 0 Å². The second-order valence-electron chi connectivity index (χ2n) is 5.18. The van der Waals surface area contributed by atoms with Crippen LogP contribution in [0.4, 0.5) is 0 Å². The molecule has 1 nitrogen and oxygen atoms in total. The molecule has 1 aromatic carbocycles. The van der Waals surface area contributed by atoms with Gasteiger partial charge in [-0.2, -0.15) is 0 Å². The first-order chi connectivity index (χ1) is 7.34. The van der Waals surface area contributed by atoms with Crippen LogP contribution in [0.3, 0.4) is 0 Å². The maximum Gasteiger partial charge on any atom is 0.0602 e. The Bertz CT molecular complexity index is 330. The minimum atomic E-state index is -0.0241. The van der Waals surface area contributed by atoms with E-state index in [1.54, 1.807) is 0 Å². The highest BCUT2D eigenvalue weighted by Gasteiger charge is 2.46. The van der Waals surface area contributed by atoms with Crippen molar-refractivity contribution in [2.75, 3.05) is 0 Å². The van der Waals surface area contributed by atoms with Crippen molar-refractivity contribution in [3.05, 3.63) is 35.9 Å². The molecule has 0 radical (unpaired) electrons. The van der Waals surface area contributed by atoms with E-state index in [0.717, 1.165) is 12.3 Å². The molecule has 2 aliphatic carbocycles. The van der Waals surface area contributed by atoms with Gasteiger partial charge in [-0.25, -0.2) is 0 Å². The van der Waals surface area contributed by atoms with Gasteiger partial charge in [0.15, 0.2) is 0 Å². The zero-order chi connectivity index (χ0) is 10.3. The van der Waals surface area contributed by atoms with Crippen molar-refractivity contribution in [2.45, 2.75) is 31.8 Å². The zero-order valence-corrected chi connectivity index (χ0v) is 8.97. The van der Waals surface area contributed by atoms with E-state index < -0.39 is 0 Å². The highest BCUT2D eigenvalue weighted by atomic mass is 16.3. The molecule has 0 amide bonds. The molecule has 1 N–H and O–H groups in total. The first-order valence-corrected chi connectivity index (χ1v) is 6.06. The van der Waals surface area contributed by atoms with Crippen LogP contribution in [0.1, 0.15) is 24.8 Å². The Morgan fingerprint density at radius 3 is 2.47 bits per heavy atom. The molecular formula is C14H18O. The van der Waals surface area contributed by atoms with Crippen LogP contribution in [0, 0.1) is 17.8 Å². The molecule has 2 bridgehead atoms. The fourth-order valence-electron chi connectivity index (χ4n) is 3.55. The topological polar surface area (TPSA) is 20.2 Å². The van der Waals surface area contributed by atoms with E-state index in [9.17, 15) is 5.11 Å². The molecule has 80 valence electrons. The van der Waals surface area contributed by atoms with Crippen LogP contribution in [0.2, 0.25) is 0 Å². The quantitative estimate of drug-likeness (QED) is 0.781. The Kier molecular flexibility index (Phi) is 2.28. The summed E-state index contributed by atoms with van der Waals surface area (Å²) in [6, 6.07) is 10.6. The van der Waals surface area contributed by atoms with Gasteiger partial charge >= 0.3 is 0 Å². The Morgan fingerprint density at radius 1 is 1.07 bits per heavy atom. The second-order valence-corrected chi connectivity index (χ2v) is 5.18. The lowest BCUT2D eigenvalue weighted by atomic mass is 9.82. The molecule has 2 saturated carbocycles. The summed E-state index contributed by atoms with van der Waals surface area (Å²) in [4.78, 5) is 0. The molecule has 0 unspecified atom stereocenters. The van der Waals surface area contributed by atoms with E-state index in [1.807, 2.05) is 0 Å². The summed E-state index contributed by atoms with van der Waals surface area (Å²) in [5, 5.41) is 10.1. The number of rotatable bonds is 2. The fourth-order valence-corrected chi connectivity index (χ4v) is 3.55. The fraction of sp³-hybridized carbons (Fsp3) is 0.571. The molecule has 15 heavy (non-hydrogen) atoms. The van der Waals surface area contributed by atoms with Crippen LogP contribution >= 0.6 is 0 Å². The van der Waals surface area contributed by atoms with Gasteiger partial charge in [-0.3, -0.25) is 0 Å². The van der Waals surface area contributed by atoms with E-state index in [0.29, 0.717) is 11.8 Å². The van der Waals surface area contributed by atoms with Gasteiger partial charge in [0, 0.05) is 0 Å². The predicted molar refractivity (Wildman–Crippen MR) is 60.5 cm³/mol. The van der Waals surface area contributed by atoms with Gasteiger partial charge in [-0.15, -0.1) is 0 Å². The third-order valence-electron chi connectivity index (χ3n) is 4.36. The van der Waals surface area contributed by atoms with Gasteiger partial charge in [-0.05, 0) is 49.0 Å². The summed E-state index contributed by atoms with van der Waals surface area (Å²) >= 11 is 0. The highest BCUT2D eigenvalue weighted by Crippen LogP contribution is 2.49. The van der Waals surface area contributed by atoms with Crippen molar-refractivity contribution in [2.24, 2.45) is 17.8 Å². The summed E-state index contributed by atoms with van der Waals surface area (Å²) in [5.41, 5.74) is 1.38. The molecule has 2 fully saturated rings. The second kappa shape index (κ2) is 3.64. The molecule has 0 saturated heterocycles. The number of benzene rings is 1. The summed E-state index contributed by atoms with van der Waals surface area (Å²) in [6.07, 6.45) is 4.93. The summed E-state index contributed by atoms with van der Waals surface area (Å²) in [5.74, 6) is 1.94. The summed E-state index contributed by atoms with van der Waals surface area (Å²) in [6.45, 7) is 0. The molecule has 1 heteroatoms. The van der Waals surface area contributed by atoms with E-state index in [2.05, 4.69) is 30.3 Å². The standard InChI is InChI=1S/C14H18O/c15-14-12-7-6-11(9-12)13(14)8-10-4-2-1-3-5-10/h1-5,11-15H,6-9H2/t11-,12+,13+,14+/m0/s1. The largest absolute Gasteiger partial charge is 0.393 e. The van der Waals surface area contributed by atoms with Crippen molar-refractivity contribution >= 4 is 0 Å². The summed E-state index contributed by atoms with van der Waals surface area (Å²) < 4.78 is 0. The molecule has 2 aliphatic rings. The molecule has 0 spiro atoms. The normalized spacial score (nSPS) is 38.5. The lowest BCUT2D eigenvalue weighted by molar-refractivity contribution is 0.0591. The van der Waals surface area contributed by atoms with Crippen LogP contribution in [-0.2, 0) is 6.42 Å². The van der Waals surface area contributed by atoms with Gasteiger partial charge in [-0.1, -0.05) is 30.3 Å². The van der Waals surface area contributed by atoms with Crippen LogP contribution < -0.4 is 0 Å². The first kappa shape index (κ1) is 9.41. The average Bonchev–Trinajstić information content (AvgIpc) is 2.84. The smallest absolute Gasteiger partial charge is 0.0602 e. The van der Waals surface area contributed by atoms with Crippen molar-refractivity contribution in [3.8, 4) is 0 Å². The van der Waals surface area contributed by atoms with Crippen LogP contribution in [-0.4, -0.2) is 11.2 Å². The molecule has 4 atom stereocenters. The average molecular weight is 202 g/mol. The Balaban J connectivity index is 1.74. The van der Waals surface area contributed by atoms with Gasteiger partial charge < -0.3 is 5.11 Å². The minimum absolute atomic E-state index is 0.0241. The first-order valence-electron chi connectivity index (χ1n) is 6.06. The van der Waals surface area contributed by atoms with Crippen molar-refractivity contribution in [3.63, 3.8) is 0 Å². The number of hydrogen-bond donors (Lipinski definition) is 1. The number of hydrogen-bond acceptors (Lipinski definition) is 1. The van der Waals surface area contributed by atoms with Crippen LogP contribution in [0.15, 0.2) is 30.3 Å². The zero-order valence-electron chi connectivity index (χ0n) is 8.97. The Hall–Kier alpha value is -0.820.